The molecule has 0 aliphatic heterocycles. The molecule has 3 nitrogen and oxygen atoms in total. The maximum absolute atomic E-state index is 12.2. The molecule has 0 radical (unpaired) electrons. The van der Waals surface area contributed by atoms with Crippen molar-refractivity contribution in [3.63, 3.8) is 0 Å². The van der Waals surface area contributed by atoms with Gasteiger partial charge in [0.25, 0.3) is 0 Å². The molecule has 0 saturated carbocycles. The van der Waals surface area contributed by atoms with Crippen LogP contribution in [0.5, 0.6) is 0 Å². The van der Waals surface area contributed by atoms with Crippen molar-refractivity contribution in [2.24, 2.45) is 0 Å². The summed E-state index contributed by atoms with van der Waals surface area (Å²) in [6.45, 7) is 6.48. The molecule has 0 unspecified atom stereocenters. The van der Waals surface area contributed by atoms with Gasteiger partial charge in [0, 0.05) is 11.8 Å². The Kier molecular flexibility index (Phi) is 9.34. The van der Waals surface area contributed by atoms with Gasteiger partial charge in [0.2, 0.25) is 0 Å². The molecule has 0 aliphatic carbocycles. The summed E-state index contributed by atoms with van der Waals surface area (Å²) in [5.74, 6) is 1.25. The van der Waals surface area contributed by atoms with Crippen LogP contribution in [0.4, 0.5) is 0 Å². The second-order valence-corrected chi connectivity index (χ2v) is 7.04. The molecule has 1 rings (SSSR count). The van der Waals surface area contributed by atoms with Crippen LogP contribution in [0.2, 0.25) is 0 Å². The van der Waals surface area contributed by atoms with E-state index in [0.717, 1.165) is 36.1 Å². The molecule has 0 amide bonds. The molecule has 0 aromatic heterocycles. The Bertz CT molecular complexity index is 488. The number of hydrogen-bond acceptors (Lipinski definition) is 4. The molecule has 1 atom stereocenters. The van der Waals surface area contributed by atoms with Crippen LogP contribution < -0.4 is 5.32 Å². The minimum Gasteiger partial charge on any atom is -0.462 e. The number of hydrogen-bond donors (Lipinski definition) is 1. The zero-order chi connectivity index (χ0) is 17.2. The highest BCUT2D eigenvalue weighted by Crippen LogP contribution is 2.23. The van der Waals surface area contributed by atoms with Gasteiger partial charge in [-0.1, -0.05) is 26.0 Å². The molecule has 1 aromatic carbocycles. The molecule has 0 spiro atoms. The van der Waals surface area contributed by atoms with Crippen molar-refractivity contribution in [3.8, 4) is 0 Å². The van der Waals surface area contributed by atoms with Crippen molar-refractivity contribution in [3.05, 3.63) is 34.9 Å². The first-order chi connectivity index (χ1) is 11.0. The van der Waals surface area contributed by atoms with E-state index in [-0.39, 0.29) is 5.97 Å². The average Bonchev–Trinajstić information content (AvgIpc) is 2.53. The summed E-state index contributed by atoms with van der Waals surface area (Å²) in [5, 5.41) is 3.36. The highest BCUT2D eigenvalue weighted by atomic mass is 32.2. The van der Waals surface area contributed by atoms with E-state index in [9.17, 15) is 4.79 Å². The van der Waals surface area contributed by atoms with Crippen LogP contribution in [0.3, 0.4) is 0 Å². The van der Waals surface area contributed by atoms with E-state index < -0.39 is 0 Å². The number of carbonyl (C=O) groups is 1. The minimum atomic E-state index is -0.200. The summed E-state index contributed by atoms with van der Waals surface area (Å²) in [6.07, 6.45) is 5.41. The summed E-state index contributed by atoms with van der Waals surface area (Å²) in [7, 11) is 2.02. The summed E-state index contributed by atoms with van der Waals surface area (Å²) in [4.78, 5) is 12.2. The fraction of sp³-hybridized carbons (Fsp3) is 0.632. The zero-order valence-electron chi connectivity index (χ0n) is 15.1. The van der Waals surface area contributed by atoms with Gasteiger partial charge in [-0.05, 0) is 62.6 Å². The monoisotopic (exact) mass is 337 g/mol. The fourth-order valence-electron chi connectivity index (χ4n) is 2.71. The molecule has 130 valence electrons. The molecular weight excluding hydrogens is 306 g/mol. The van der Waals surface area contributed by atoms with Crippen molar-refractivity contribution >= 4 is 17.7 Å². The smallest absolute Gasteiger partial charge is 0.338 e. The Morgan fingerprint density at radius 1 is 1.35 bits per heavy atom. The van der Waals surface area contributed by atoms with Crippen molar-refractivity contribution in [2.75, 3.05) is 25.7 Å². The second kappa shape index (κ2) is 10.7. The fourth-order valence-corrected chi connectivity index (χ4v) is 3.45. The maximum Gasteiger partial charge on any atom is 0.338 e. The van der Waals surface area contributed by atoms with Crippen molar-refractivity contribution in [1.82, 2.24) is 5.32 Å². The number of esters is 1. The van der Waals surface area contributed by atoms with Gasteiger partial charge in [-0.3, -0.25) is 0 Å². The standard InChI is InChI=1S/C19H31NO2S/c1-6-22-19(21)18-12-15(10-11-17(18)14(2)3)8-7-9-16(20-4)13-23-5/h10-12,14,16,20H,6-9,13H2,1-5H3/t16-/m1/s1. The molecule has 23 heavy (non-hydrogen) atoms. The van der Waals surface area contributed by atoms with Gasteiger partial charge in [-0.15, -0.1) is 0 Å². The number of ether oxygens (including phenoxy) is 1. The first-order valence-corrected chi connectivity index (χ1v) is 9.88. The van der Waals surface area contributed by atoms with Crippen molar-refractivity contribution in [1.29, 1.82) is 0 Å². The molecule has 1 N–H and O–H groups in total. The van der Waals surface area contributed by atoms with Gasteiger partial charge >= 0.3 is 5.97 Å². The van der Waals surface area contributed by atoms with E-state index >= 15 is 0 Å². The van der Waals surface area contributed by atoms with E-state index in [1.54, 1.807) is 0 Å². The highest BCUT2D eigenvalue weighted by Gasteiger charge is 2.15. The van der Waals surface area contributed by atoms with Crippen molar-refractivity contribution < 1.29 is 9.53 Å². The molecule has 0 heterocycles. The Hall–Kier alpha value is -1.00. The van der Waals surface area contributed by atoms with E-state index in [4.69, 9.17) is 4.74 Å². The lowest BCUT2D eigenvalue weighted by molar-refractivity contribution is 0.0524. The Balaban J connectivity index is 2.76. The Morgan fingerprint density at radius 2 is 2.09 bits per heavy atom. The third-order valence-corrected chi connectivity index (χ3v) is 4.76. The van der Waals surface area contributed by atoms with Crippen LogP contribution in [0.1, 0.15) is 61.0 Å². The lowest BCUT2D eigenvalue weighted by atomic mass is 9.93. The summed E-state index contributed by atoms with van der Waals surface area (Å²) < 4.78 is 5.21. The first kappa shape index (κ1) is 20.0. The number of carbonyl (C=O) groups excluding carboxylic acids is 1. The molecule has 0 saturated heterocycles. The minimum absolute atomic E-state index is 0.200. The lowest BCUT2D eigenvalue weighted by Crippen LogP contribution is -2.27. The third kappa shape index (κ3) is 6.56. The Morgan fingerprint density at radius 3 is 2.65 bits per heavy atom. The van der Waals surface area contributed by atoms with Gasteiger partial charge in [0.05, 0.1) is 12.2 Å². The van der Waals surface area contributed by atoms with Gasteiger partial charge in [0.15, 0.2) is 0 Å². The van der Waals surface area contributed by atoms with Gasteiger partial charge in [-0.2, -0.15) is 11.8 Å². The molecule has 1 aromatic rings. The maximum atomic E-state index is 12.2. The van der Waals surface area contributed by atoms with Crippen LogP contribution in [0.15, 0.2) is 18.2 Å². The first-order valence-electron chi connectivity index (χ1n) is 8.49. The van der Waals surface area contributed by atoms with Crippen molar-refractivity contribution in [2.45, 2.75) is 52.0 Å². The third-order valence-electron chi connectivity index (χ3n) is 4.03. The number of nitrogens with one attached hydrogen (secondary N) is 1. The van der Waals surface area contributed by atoms with Crippen LogP contribution in [0, 0.1) is 0 Å². The summed E-state index contributed by atoms with van der Waals surface area (Å²) >= 11 is 1.87. The zero-order valence-corrected chi connectivity index (χ0v) is 16.0. The predicted molar refractivity (Wildman–Crippen MR) is 101 cm³/mol. The van der Waals surface area contributed by atoms with Crippen LogP contribution in [0.25, 0.3) is 0 Å². The molecule has 0 bridgehead atoms. The quantitative estimate of drug-likeness (QED) is 0.647. The largest absolute Gasteiger partial charge is 0.462 e. The normalized spacial score (nSPS) is 12.4. The second-order valence-electron chi connectivity index (χ2n) is 6.13. The highest BCUT2D eigenvalue weighted by molar-refractivity contribution is 7.98. The van der Waals surface area contributed by atoms with Crippen LogP contribution in [-0.2, 0) is 11.2 Å². The average molecular weight is 338 g/mol. The van der Waals surface area contributed by atoms with E-state index in [0.29, 0.717) is 18.6 Å². The number of aryl methyl sites for hydroxylation is 1. The number of thioether (sulfide) groups is 1. The van der Waals surface area contributed by atoms with E-state index in [2.05, 4.69) is 37.6 Å². The Labute approximate surface area is 145 Å². The molecular formula is C19H31NO2S. The summed E-state index contributed by atoms with van der Waals surface area (Å²) in [5.41, 5.74) is 3.02. The lowest BCUT2D eigenvalue weighted by Gasteiger charge is -2.16. The van der Waals surface area contributed by atoms with Gasteiger partial charge < -0.3 is 10.1 Å². The number of rotatable bonds is 10. The topological polar surface area (TPSA) is 38.3 Å². The SMILES string of the molecule is CCOC(=O)c1cc(CCC[C@H](CSC)NC)ccc1C(C)C. The molecule has 0 fully saturated rings. The van der Waals surface area contributed by atoms with Gasteiger partial charge in [0.1, 0.15) is 0 Å². The predicted octanol–water partition coefficient (Wildman–Crippen LogP) is 4.26. The van der Waals surface area contributed by atoms with Crippen LogP contribution >= 0.6 is 11.8 Å². The van der Waals surface area contributed by atoms with Gasteiger partial charge in [-0.25, -0.2) is 4.79 Å². The summed E-state index contributed by atoms with van der Waals surface area (Å²) in [6, 6.07) is 6.82. The van der Waals surface area contributed by atoms with E-state index in [1.165, 1.54) is 5.56 Å². The molecule has 0 aliphatic rings. The van der Waals surface area contributed by atoms with Crippen LogP contribution in [-0.4, -0.2) is 37.7 Å². The molecule has 4 heteroatoms. The van der Waals surface area contributed by atoms with E-state index in [1.807, 2.05) is 31.8 Å². The number of benzene rings is 1.